The Bertz CT molecular complexity index is 540. The minimum Gasteiger partial charge on any atom is -0.480 e. The van der Waals surface area contributed by atoms with Gasteiger partial charge in [-0.25, -0.2) is 4.79 Å². The fourth-order valence-corrected chi connectivity index (χ4v) is 2.21. The highest BCUT2D eigenvalue weighted by Gasteiger charge is 2.32. The lowest BCUT2D eigenvalue weighted by Crippen LogP contribution is -2.58. The van der Waals surface area contributed by atoms with Crippen molar-refractivity contribution in [3.05, 3.63) is 0 Å². The lowest BCUT2D eigenvalue weighted by Gasteiger charge is -2.28. The highest BCUT2D eigenvalue weighted by Crippen LogP contribution is 2.10. The van der Waals surface area contributed by atoms with Crippen LogP contribution in [0.4, 0.5) is 0 Å². The molecule has 7 N–H and O–H groups in total. The Morgan fingerprint density at radius 1 is 0.889 bits per heavy atom. The number of nitrogens with one attached hydrogen (secondary N) is 3. The third-order valence-electron chi connectivity index (χ3n) is 4.31. The molecule has 0 spiro atoms. The maximum Gasteiger partial charge on any atom is 0.326 e. The van der Waals surface area contributed by atoms with E-state index < -0.39 is 54.5 Å². The van der Waals surface area contributed by atoms with Crippen molar-refractivity contribution in [2.45, 2.75) is 65.2 Å². The first kappa shape index (κ1) is 24.8. The van der Waals surface area contributed by atoms with Gasteiger partial charge in [-0.15, -0.1) is 0 Å². The number of hydrogen-bond donors (Lipinski definition) is 6. The van der Waals surface area contributed by atoms with Crippen LogP contribution in [0.25, 0.3) is 0 Å². The van der Waals surface area contributed by atoms with Crippen LogP contribution >= 0.6 is 0 Å². The van der Waals surface area contributed by atoms with E-state index in [2.05, 4.69) is 16.0 Å². The van der Waals surface area contributed by atoms with Gasteiger partial charge in [-0.3, -0.25) is 14.4 Å². The number of carbonyl (C=O) groups excluding carboxylic acids is 3. The van der Waals surface area contributed by atoms with Crippen molar-refractivity contribution in [2.75, 3.05) is 6.61 Å². The zero-order valence-electron chi connectivity index (χ0n) is 16.5. The normalized spacial score (nSPS) is 16.6. The van der Waals surface area contributed by atoms with Crippen molar-refractivity contribution >= 4 is 23.7 Å². The summed E-state index contributed by atoms with van der Waals surface area (Å²) >= 11 is 0. The third-order valence-corrected chi connectivity index (χ3v) is 4.31. The molecule has 10 nitrogen and oxygen atoms in total. The molecule has 0 rings (SSSR count). The monoisotopic (exact) mass is 388 g/mol. The van der Waals surface area contributed by atoms with E-state index in [1.54, 1.807) is 20.8 Å². The smallest absolute Gasteiger partial charge is 0.326 e. The number of rotatable bonds is 11. The van der Waals surface area contributed by atoms with Crippen LogP contribution < -0.4 is 21.7 Å². The van der Waals surface area contributed by atoms with Crippen LogP contribution in [-0.2, 0) is 19.2 Å². The minimum atomic E-state index is -1.16. The molecule has 156 valence electrons. The van der Waals surface area contributed by atoms with Crippen molar-refractivity contribution in [3.63, 3.8) is 0 Å². The minimum absolute atomic E-state index is 0.266. The Morgan fingerprint density at radius 3 is 1.81 bits per heavy atom. The summed E-state index contributed by atoms with van der Waals surface area (Å²) in [5.41, 5.74) is 5.38. The molecule has 0 heterocycles. The second-order valence-electron chi connectivity index (χ2n) is 6.96. The first-order valence-electron chi connectivity index (χ1n) is 8.96. The number of aliphatic carboxylic acids is 1. The maximum absolute atomic E-state index is 12.6. The van der Waals surface area contributed by atoms with Crippen molar-refractivity contribution in [2.24, 2.45) is 17.6 Å². The summed E-state index contributed by atoms with van der Waals surface area (Å²) in [6.45, 7) is 7.76. The topological polar surface area (TPSA) is 171 Å². The molecule has 0 saturated heterocycles. The van der Waals surface area contributed by atoms with Crippen LogP contribution in [0, 0.1) is 11.8 Å². The van der Waals surface area contributed by atoms with E-state index in [-0.39, 0.29) is 11.8 Å². The van der Waals surface area contributed by atoms with Gasteiger partial charge >= 0.3 is 5.97 Å². The molecular weight excluding hydrogens is 356 g/mol. The summed E-state index contributed by atoms with van der Waals surface area (Å²) in [6, 6.07) is -4.19. The fourth-order valence-electron chi connectivity index (χ4n) is 2.21. The molecule has 0 aromatic rings. The molecule has 10 heteroatoms. The van der Waals surface area contributed by atoms with Crippen LogP contribution in [0.2, 0.25) is 0 Å². The van der Waals surface area contributed by atoms with Gasteiger partial charge in [0.05, 0.1) is 6.61 Å². The summed E-state index contributed by atoms with van der Waals surface area (Å²) < 4.78 is 0. The number of nitrogens with two attached hydrogens (primary N) is 1. The van der Waals surface area contributed by atoms with Gasteiger partial charge in [0, 0.05) is 0 Å². The number of aliphatic hydroxyl groups excluding tert-OH is 1. The summed E-state index contributed by atoms with van der Waals surface area (Å²) in [5, 5.41) is 25.4. The molecule has 0 aromatic heterocycles. The number of carboxylic acid groups (broad SMARTS) is 1. The number of amides is 3. The van der Waals surface area contributed by atoms with Crippen molar-refractivity contribution < 1.29 is 29.4 Å². The summed E-state index contributed by atoms with van der Waals surface area (Å²) in [7, 11) is 0. The highest BCUT2D eigenvalue weighted by atomic mass is 16.4. The Kier molecular flexibility index (Phi) is 10.6. The number of carbonyl (C=O) groups is 4. The molecule has 0 aliphatic carbocycles. The SMILES string of the molecule is CCC(C)C(NC(=O)C(C)NC(=O)C(N)CO)C(=O)NC(C(=O)O)C(C)C. The summed E-state index contributed by atoms with van der Waals surface area (Å²) in [4.78, 5) is 47.9. The molecule has 5 atom stereocenters. The third kappa shape index (κ3) is 7.92. The highest BCUT2D eigenvalue weighted by molar-refractivity contribution is 5.94. The molecule has 0 radical (unpaired) electrons. The van der Waals surface area contributed by atoms with Gasteiger partial charge < -0.3 is 31.9 Å². The standard InChI is InChI=1S/C17H32N4O6/c1-6-9(4)13(16(25)20-12(8(2)3)17(26)27)21-14(23)10(5)19-15(24)11(18)7-22/h8-13,22H,6-7,18H2,1-5H3,(H,19,24)(H,20,25)(H,21,23)(H,26,27). The van der Waals surface area contributed by atoms with Gasteiger partial charge in [0.2, 0.25) is 17.7 Å². The lowest BCUT2D eigenvalue weighted by molar-refractivity contribution is -0.144. The predicted molar refractivity (Wildman–Crippen MR) is 98.5 cm³/mol. The van der Waals surface area contributed by atoms with Gasteiger partial charge in [-0.05, 0) is 18.8 Å². The van der Waals surface area contributed by atoms with E-state index in [1.807, 2.05) is 6.92 Å². The van der Waals surface area contributed by atoms with E-state index >= 15 is 0 Å². The van der Waals surface area contributed by atoms with Crippen LogP contribution in [0.1, 0.15) is 41.0 Å². The summed E-state index contributed by atoms with van der Waals surface area (Å²) in [6.07, 6.45) is 0.563. The number of hydrogen-bond acceptors (Lipinski definition) is 6. The molecule has 0 fully saturated rings. The molecule has 27 heavy (non-hydrogen) atoms. The molecule has 0 aliphatic heterocycles. The molecule has 0 aromatic carbocycles. The van der Waals surface area contributed by atoms with Crippen LogP contribution in [-0.4, -0.2) is 64.7 Å². The largest absolute Gasteiger partial charge is 0.480 e. The van der Waals surface area contributed by atoms with Crippen molar-refractivity contribution in [3.8, 4) is 0 Å². The summed E-state index contributed by atoms with van der Waals surface area (Å²) in [5.74, 6) is -3.69. The molecule has 0 bridgehead atoms. The molecule has 5 unspecified atom stereocenters. The zero-order valence-corrected chi connectivity index (χ0v) is 16.5. The van der Waals surface area contributed by atoms with Gasteiger partial charge in [-0.1, -0.05) is 34.1 Å². The average Bonchev–Trinajstić information content (AvgIpc) is 2.61. The maximum atomic E-state index is 12.6. The van der Waals surface area contributed by atoms with Crippen molar-refractivity contribution in [1.82, 2.24) is 16.0 Å². The van der Waals surface area contributed by atoms with Gasteiger partial charge in [-0.2, -0.15) is 0 Å². The van der Waals surface area contributed by atoms with Crippen LogP contribution in [0.3, 0.4) is 0 Å². The van der Waals surface area contributed by atoms with Gasteiger partial charge in [0.1, 0.15) is 24.2 Å². The molecular formula is C17H32N4O6. The first-order valence-corrected chi connectivity index (χ1v) is 8.96. The first-order chi connectivity index (χ1) is 12.5. The average molecular weight is 388 g/mol. The molecule has 0 saturated carbocycles. The van der Waals surface area contributed by atoms with Gasteiger partial charge in [0.25, 0.3) is 0 Å². The van der Waals surface area contributed by atoms with E-state index in [4.69, 9.17) is 10.8 Å². The van der Waals surface area contributed by atoms with Crippen LogP contribution in [0.5, 0.6) is 0 Å². The zero-order chi connectivity index (χ0) is 21.3. The Balaban J connectivity index is 5.15. The Hall–Kier alpha value is -2.20. The molecule has 0 aliphatic rings. The molecule has 3 amide bonds. The second-order valence-corrected chi connectivity index (χ2v) is 6.96. The van der Waals surface area contributed by atoms with Crippen LogP contribution in [0.15, 0.2) is 0 Å². The fraction of sp³-hybridized carbons (Fsp3) is 0.765. The van der Waals surface area contributed by atoms with E-state index in [0.717, 1.165) is 0 Å². The number of carboxylic acids is 1. The quantitative estimate of drug-likeness (QED) is 0.252. The lowest BCUT2D eigenvalue weighted by atomic mass is 9.96. The van der Waals surface area contributed by atoms with E-state index in [9.17, 15) is 24.3 Å². The number of aliphatic hydroxyl groups is 1. The Labute approximate surface area is 159 Å². The van der Waals surface area contributed by atoms with Gasteiger partial charge in [0.15, 0.2) is 0 Å². The predicted octanol–water partition coefficient (Wildman–Crippen LogP) is -1.43. The van der Waals surface area contributed by atoms with E-state index in [0.29, 0.717) is 6.42 Å². The Morgan fingerprint density at radius 2 is 1.41 bits per heavy atom. The second kappa shape index (κ2) is 11.5. The van der Waals surface area contributed by atoms with E-state index in [1.165, 1.54) is 6.92 Å². The van der Waals surface area contributed by atoms with Crippen molar-refractivity contribution in [1.29, 1.82) is 0 Å².